The predicted molar refractivity (Wildman–Crippen MR) is 102 cm³/mol. The van der Waals surface area contributed by atoms with E-state index < -0.39 is 10.0 Å². The van der Waals surface area contributed by atoms with Crippen molar-refractivity contribution in [3.63, 3.8) is 0 Å². The van der Waals surface area contributed by atoms with E-state index in [0.717, 1.165) is 10.6 Å². The molecule has 140 valence electrons. The van der Waals surface area contributed by atoms with E-state index >= 15 is 0 Å². The van der Waals surface area contributed by atoms with Gasteiger partial charge in [0.05, 0.1) is 7.11 Å². The summed E-state index contributed by atoms with van der Waals surface area (Å²) in [6, 6.07) is 10.6. The second kappa shape index (κ2) is 7.77. The summed E-state index contributed by atoms with van der Waals surface area (Å²) in [5.74, 6) is 0.470. The van der Waals surface area contributed by atoms with E-state index in [4.69, 9.17) is 4.74 Å². The van der Waals surface area contributed by atoms with E-state index in [-0.39, 0.29) is 11.8 Å². The molecular formula is C18H22N2O4S2. The summed E-state index contributed by atoms with van der Waals surface area (Å²) >= 11 is 1.28. The lowest BCUT2D eigenvalue weighted by Gasteiger charge is -2.30. The average Bonchev–Trinajstić information content (AvgIpc) is 3.10. The van der Waals surface area contributed by atoms with Crippen LogP contribution in [0.25, 0.3) is 0 Å². The third-order valence-corrected chi connectivity index (χ3v) is 7.86. The highest BCUT2D eigenvalue weighted by Gasteiger charge is 2.32. The van der Waals surface area contributed by atoms with Crippen LogP contribution in [-0.2, 0) is 14.8 Å². The number of rotatable bonds is 5. The van der Waals surface area contributed by atoms with E-state index in [2.05, 4.69) is 5.32 Å². The number of anilines is 1. The molecule has 1 aromatic carbocycles. The number of aryl methyl sites for hydroxylation is 1. The first kappa shape index (κ1) is 18.9. The molecule has 0 aliphatic carbocycles. The Morgan fingerprint density at radius 3 is 2.35 bits per heavy atom. The van der Waals surface area contributed by atoms with Crippen molar-refractivity contribution in [1.82, 2.24) is 4.31 Å². The molecule has 0 bridgehead atoms. The summed E-state index contributed by atoms with van der Waals surface area (Å²) < 4.78 is 32.3. The van der Waals surface area contributed by atoms with E-state index in [9.17, 15) is 13.2 Å². The minimum Gasteiger partial charge on any atom is -0.497 e. The first-order valence-corrected chi connectivity index (χ1v) is 10.7. The summed E-state index contributed by atoms with van der Waals surface area (Å²) in [4.78, 5) is 13.4. The maximum Gasteiger partial charge on any atom is 0.252 e. The van der Waals surface area contributed by atoms with Gasteiger partial charge < -0.3 is 10.1 Å². The van der Waals surface area contributed by atoms with Gasteiger partial charge in [-0.1, -0.05) is 0 Å². The number of ether oxygens (including phenoxy) is 1. The standard InChI is InChI=1S/C18H22N2O4S2/c1-13-3-8-17(25-13)26(22,23)20-11-9-14(10-12-20)18(21)19-15-4-6-16(24-2)7-5-15/h3-8,14H,9-12H2,1-2H3,(H,19,21). The van der Waals surface area contributed by atoms with Gasteiger partial charge in [-0.15, -0.1) is 11.3 Å². The number of benzene rings is 1. The van der Waals surface area contributed by atoms with Gasteiger partial charge in [-0.3, -0.25) is 4.79 Å². The molecule has 3 rings (SSSR count). The van der Waals surface area contributed by atoms with Crippen molar-refractivity contribution in [1.29, 1.82) is 0 Å². The molecule has 0 spiro atoms. The third kappa shape index (κ3) is 4.08. The fourth-order valence-electron chi connectivity index (χ4n) is 2.96. The van der Waals surface area contributed by atoms with E-state index in [1.54, 1.807) is 37.4 Å². The van der Waals surface area contributed by atoms with Crippen LogP contribution >= 0.6 is 11.3 Å². The van der Waals surface area contributed by atoms with Crippen molar-refractivity contribution in [3.05, 3.63) is 41.3 Å². The minimum atomic E-state index is -3.45. The zero-order valence-electron chi connectivity index (χ0n) is 14.8. The van der Waals surface area contributed by atoms with Crippen LogP contribution in [0.15, 0.2) is 40.6 Å². The van der Waals surface area contributed by atoms with Crippen LogP contribution in [0.1, 0.15) is 17.7 Å². The number of nitrogens with zero attached hydrogens (tertiary/aromatic N) is 1. The largest absolute Gasteiger partial charge is 0.497 e. The number of thiophene rings is 1. The van der Waals surface area contributed by atoms with Crippen molar-refractivity contribution >= 4 is 33.0 Å². The molecule has 6 nitrogen and oxygen atoms in total. The van der Waals surface area contributed by atoms with Gasteiger partial charge in [-0.25, -0.2) is 8.42 Å². The Kier molecular flexibility index (Phi) is 5.64. The number of methoxy groups -OCH3 is 1. The van der Waals surface area contributed by atoms with Crippen LogP contribution in [0.3, 0.4) is 0 Å². The van der Waals surface area contributed by atoms with Crippen LogP contribution < -0.4 is 10.1 Å². The Morgan fingerprint density at radius 1 is 1.15 bits per heavy atom. The third-order valence-electron chi connectivity index (χ3n) is 4.49. The van der Waals surface area contributed by atoms with Crippen LogP contribution in [0, 0.1) is 12.8 Å². The fraction of sp³-hybridized carbons (Fsp3) is 0.389. The molecule has 26 heavy (non-hydrogen) atoms. The van der Waals surface area contributed by atoms with Crippen molar-refractivity contribution in [2.75, 3.05) is 25.5 Å². The lowest BCUT2D eigenvalue weighted by molar-refractivity contribution is -0.120. The van der Waals surface area contributed by atoms with Crippen molar-refractivity contribution in [2.45, 2.75) is 24.0 Å². The van der Waals surface area contributed by atoms with Crippen LogP contribution in [-0.4, -0.2) is 38.8 Å². The number of sulfonamides is 1. The molecule has 1 N–H and O–H groups in total. The highest BCUT2D eigenvalue weighted by molar-refractivity contribution is 7.91. The van der Waals surface area contributed by atoms with E-state index in [0.29, 0.717) is 35.8 Å². The summed E-state index contributed by atoms with van der Waals surface area (Å²) in [5, 5.41) is 2.89. The normalized spacial score (nSPS) is 16.4. The molecule has 8 heteroatoms. The maximum absolute atomic E-state index is 12.7. The van der Waals surface area contributed by atoms with Gasteiger partial charge in [0.15, 0.2) is 0 Å². The number of carbonyl (C=O) groups is 1. The molecule has 1 amide bonds. The molecule has 1 aliphatic rings. The van der Waals surface area contributed by atoms with Gasteiger partial charge in [-0.2, -0.15) is 4.31 Å². The van der Waals surface area contributed by atoms with Gasteiger partial charge in [-0.05, 0) is 56.2 Å². The minimum absolute atomic E-state index is 0.0702. The molecule has 2 heterocycles. The monoisotopic (exact) mass is 394 g/mol. The van der Waals surface area contributed by atoms with Gasteiger partial charge >= 0.3 is 0 Å². The van der Waals surface area contributed by atoms with E-state index in [1.165, 1.54) is 15.6 Å². The number of hydrogen-bond acceptors (Lipinski definition) is 5. The molecule has 0 atom stereocenters. The van der Waals surface area contributed by atoms with Crippen molar-refractivity contribution in [2.24, 2.45) is 5.92 Å². The van der Waals surface area contributed by atoms with Gasteiger partial charge in [0.1, 0.15) is 9.96 Å². The van der Waals surface area contributed by atoms with Gasteiger partial charge in [0.25, 0.3) is 10.0 Å². The Hall–Kier alpha value is -1.90. The molecule has 1 aromatic heterocycles. The molecular weight excluding hydrogens is 372 g/mol. The first-order chi connectivity index (χ1) is 12.4. The summed E-state index contributed by atoms with van der Waals surface area (Å²) in [5.41, 5.74) is 0.708. The predicted octanol–water partition coefficient (Wildman–Crippen LogP) is 3.10. The quantitative estimate of drug-likeness (QED) is 0.845. The summed E-state index contributed by atoms with van der Waals surface area (Å²) in [6.07, 6.45) is 1.04. The maximum atomic E-state index is 12.7. The summed E-state index contributed by atoms with van der Waals surface area (Å²) in [7, 11) is -1.86. The smallest absolute Gasteiger partial charge is 0.252 e. The van der Waals surface area contributed by atoms with Crippen LogP contribution in [0.5, 0.6) is 5.75 Å². The number of amides is 1. The lowest BCUT2D eigenvalue weighted by atomic mass is 9.97. The van der Waals surface area contributed by atoms with Crippen molar-refractivity contribution in [3.8, 4) is 5.75 Å². The molecule has 0 saturated carbocycles. The number of piperidine rings is 1. The van der Waals surface area contributed by atoms with Crippen molar-refractivity contribution < 1.29 is 17.9 Å². The molecule has 2 aromatic rings. The van der Waals surface area contributed by atoms with Crippen LogP contribution in [0.2, 0.25) is 0 Å². The Bertz CT molecular complexity index is 867. The summed E-state index contributed by atoms with van der Waals surface area (Å²) in [6.45, 7) is 2.61. The molecule has 1 saturated heterocycles. The molecule has 1 aliphatic heterocycles. The second-order valence-electron chi connectivity index (χ2n) is 6.26. The highest BCUT2D eigenvalue weighted by atomic mass is 32.2. The Balaban J connectivity index is 1.58. The van der Waals surface area contributed by atoms with Gasteiger partial charge in [0, 0.05) is 29.6 Å². The van der Waals surface area contributed by atoms with Gasteiger partial charge in [0.2, 0.25) is 5.91 Å². The number of hydrogen-bond donors (Lipinski definition) is 1. The van der Waals surface area contributed by atoms with E-state index in [1.807, 2.05) is 13.0 Å². The highest BCUT2D eigenvalue weighted by Crippen LogP contribution is 2.28. The first-order valence-electron chi connectivity index (χ1n) is 8.41. The average molecular weight is 395 g/mol. The molecule has 1 fully saturated rings. The topological polar surface area (TPSA) is 75.7 Å². The molecule has 0 radical (unpaired) electrons. The Labute approximate surface area is 157 Å². The lowest BCUT2D eigenvalue weighted by Crippen LogP contribution is -2.41. The number of carbonyl (C=O) groups excluding carboxylic acids is 1. The SMILES string of the molecule is COc1ccc(NC(=O)C2CCN(S(=O)(=O)c3ccc(C)s3)CC2)cc1. The van der Waals surface area contributed by atoms with Crippen LogP contribution in [0.4, 0.5) is 5.69 Å². The zero-order valence-corrected chi connectivity index (χ0v) is 16.4. The number of nitrogens with one attached hydrogen (secondary N) is 1. The fourth-order valence-corrected chi connectivity index (χ4v) is 5.86. The molecule has 0 unspecified atom stereocenters. The zero-order chi connectivity index (χ0) is 18.7. The Morgan fingerprint density at radius 2 is 1.81 bits per heavy atom. The second-order valence-corrected chi connectivity index (χ2v) is 9.71.